The first-order valence-corrected chi connectivity index (χ1v) is 10.8. The van der Waals surface area contributed by atoms with Crippen LogP contribution in [0.2, 0.25) is 0 Å². The van der Waals surface area contributed by atoms with Crippen LogP contribution in [-0.2, 0) is 4.79 Å². The van der Waals surface area contributed by atoms with Gasteiger partial charge in [0.05, 0.1) is 11.1 Å². The van der Waals surface area contributed by atoms with Gasteiger partial charge in [-0.05, 0) is 61.7 Å². The number of nitrogen functional groups attached to an aromatic ring is 1. The van der Waals surface area contributed by atoms with Crippen molar-refractivity contribution in [2.45, 2.75) is 19.3 Å². The molecule has 2 aromatic carbocycles. The van der Waals surface area contributed by atoms with E-state index in [1.165, 1.54) is 18.8 Å². The number of benzene rings is 2. The molecule has 5 rings (SSSR count). The van der Waals surface area contributed by atoms with Crippen LogP contribution in [0.4, 0.5) is 5.82 Å². The Morgan fingerprint density at radius 1 is 1.00 bits per heavy atom. The minimum absolute atomic E-state index is 0.0831. The minimum Gasteiger partial charge on any atom is -0.457 e. The second-order valence-electron chi connectivity index (χ2n) is 7.59. The van der Waals surface area contributed by atoms with Gasteiger partial charge in [-0.3, -0.25) is 9.89 Å². The number of anilines is 1. The first-order chi connectivity index (χ1) is 16.2. The van der Waals surface area contributed by atoms with Crippen LogP contribution in [0.3, 0.4) is 0 Å². The van der Waals surface area contributed by atoms with E-state index in [4.69, 9.17) is 10.5 Å². The monoisotopic (exact) mass is 442 g/mol. The zero-order valence-electron chi connectivity index (χ0n) is 18.3. The maximum Gasteiger partial charge on any atom is 0.245 e. The average Bonchev–Trinajstić information content (AvgIpc) is 3.31. The molecule has 0 atom stereocenters. The zero-order chi connectivity index (χ0) is 23.0. The minimum atomic E-state index is 0.0831. The van der Waals surface area contributed by atoms with Crippen LogP contribution in [0.1, 0.15) is 19.3 Å². The van der Waals surface area contributed by atoms with E-state index in [0.717, 1.165) is 54.1 Å². The van der Waals surface area contributed by atoms with Crippen molar-refractivity contribution >= 4 is 22.8 Å². The summed E-state index contributed by atoms with van der Waals surface area (Å²) in [6, 6.07) is 17.3. The molecule has 3 N–H and O–H groups in total. The van der Waals surface area contributed by atoms with Gasteiger partial charge in [0.15, 0.2) is 5.65 Å². The van der Waals surface area contributed by atoms with Gasteiger partial charge >= 0.3 is 0 Å². The van der Waals surface area contributed by atoms with Gasteiger partial charge in [0.2, 0.25) is 5.91 Å². The highest BCUT2D eigenvalue weighted by atomic mass is 16.5. The van der Waals surface area contributed by atoms with Gasteiger partial charge in [-0.1, -0.05) is 24.8 Å². The number of fused-ring (bicyclic) bond motifs is 1. The number of rotatable bonds is 4. The Bertz CT molecular complexity index is 1210. The summed E-state index contributed by atoms with van der Waals surface area (Å²) in [6.07, 6.45) is 6.37. The Balaban J connectivity index is 0.000000219. The van der Waals surface area contributed by atoms with E-state index in [2.05, 4.69) is 26.7 Å². The third kappa shape index (κ3) is 5.35. The summed E-state index contributed by atoms with van der Waals surface area (Å²) in [5, 5.41) is 7.85. The quantitative estimate of drug-likeness (QED) is 0.448. The van der Waals surface area contributed by atoms with Crippen molar-refractivity contribution in [1.29, 1.82) is 0 Å². The molecule has 1 fully saturated rings. The fourth-order valence-corrected chi connectivity index (χ4v) is 3.65. The number of amides is 1. The molecule has 0 spiro atoms. The number of hydrogen-bond donors (Lipinski definition) is 2. The molecule has 4 aromatic rings. The zero-order valence-corrected chi connectivity index (χ0v) is 18.3. The molecule has 0 bridgehead atoms. The van der Waals surface area contributed by atoms with Crippen molar-refractivity contribution in [2.75, 3.05) is 18.8 Å². The highest BCUT2D eigenvalue weighted by Crippen LogP contribution is 2.30. The standard InChI is InChI=1S/C17H13N5O.C8H13NO/c18-16-14-15(21-22-17(14)20-10-19-16)11-6-8-13(9-7-11)23-12-4-2-1-3-5-12;1-2-8(10)9-6-4-3-5-7-9/h1-10H,(H3,18,19,20,21,22);2H,1,3-7H2. The lowest BCUT2D eigenvalue weighted by atomic mass is 10.1. The molecule has 3 heterocycles. The highest BCUT2D eigenvalue weighted by molar-refractivity contribution is 5.97. The normalized spacial score (nSPS) is 13.2. The van der Waals surface area contributed by atoms with E-state index in [1.54, 1.807) is 0 Å². The van der Waals surface area contributed by atoms with Crippen LogP contribution < -0.4 is 10.5 Å². The van der Waals surface area contributed by atoms with Gasteiger partial charge in [0, 0.05) is 18.7 Å². The summed E-state index contributed by atoms with van der Waals surface area (Å²) in [4.78, 5) is 21.0. The molecule has 0 unspecified atom stereocenters. The van der Waals surface area contributed by atoms with Crippen molar-refractivity contribution in [1.82, 2.24) is 25.1 Å². The second kappa shape index (κ2) is 10.4. The molecule has 8 heteroatoms. The topological polar surface area (TPSA) is 110 Å². The van der Waals surface area contributed by atoms with Crippen LogP contribution in [0.15, 0.2) is 73.6 Å². The number of likely N-dealkylation sites (tertiary alicyclic amines) is 1. The number of H-pyrrole nitrogens is 1. The van der Waals surface area contributed by atoms with Gasteiger partial charge in [-0.2, -0.15) is 5.10 Å². The second-order valence-corrected chi connectivity index (χ2v) is 7.59. The number of ether oxygens (including phenoxy) is 1. The number of aromatic amines is 1. The molecular formula is C25H26N6O2. The first-order valence-electron chi connectivity index (χ1n) is 10.8. The Labute approximate surface area is 192 Å². The molecule has 8 nitrogen and oxygen atoms in total. The third-order valence-electron chi connectivity index (χ3n) is 5.34. The maximum atomic E-state index is 11.0. The number of carbonyl (C=O) groups is 1. The summed E-state index contributed by atoms with van der Waals surface area (Å²) in [5.41, 5.74) is 8.22. The van der Waals surface area contributed by atoms with Crippen molar-refractivity contribution in [3.8, 4) is 22.8 Å². The summed E-state index contributed by atoms with van der Waals surface area (Å²) in [6.45, 7) is 5.29. The van der Waals surface area contributed by atoms with Gasteiger partial charge < -0.3 is 15.4 Å². The number of aromatic nitrogens is 4. The largest absolute Gasteiger partial charge is 0.457 e. The molecule has 0 saturated carbocycles. The smallest absolute Gasteiger partial charge is 0.245 e. The molecule has 1 amide bonds. The summed E-state index contributed by atoms with van der Waals surface area (Å²) in [7, 11) is 0. The van der Waals surface area contributed by atoms with E-state index in [-0.39, 0.29) is 5.91 Å². The van der Waals surface area contributed by atoms with E-state index < -0.39 is 0 Å². The Morgan fingerprint density at radius 3 is 2.39 bits per heavy atom. The predicted molar refractivity (Wildman–Crippen MR) is 129 cm³/mol. The maximum absolute atomic E-state index is 11.0. The van der Waals surface area contributed by atoms with E-state index >= 15 is 0 Å². The lowest BCUT2D eigenvalue weighted by Gasteiger charge is -2.25. The van der Waals surface area contributed by atoms with Crippen LogP contribution in [0.5, 0.6) is 11.5 Å². The van der Waals surface area contributed by atoms with Crippen molar-refractivity contribution in [2.24, 2.45) is 0 Å². The van der Waals surface area contributed by atoms with E-state index in [9.17, 15) is 4.79 Å². The van der Waals surface area contributed by atoms with Crippen molar-refractivity contribution in [3.05, 3.63) is 73.6 Å². The summed E-state index contributed by atoms with van der Waals surface area (Å²) < 4.78 is 5.79. The Morgan fingerprint density at radius 2 is 1.70 bits per heavy atom. The molecule has 0 aliphatic carbocycles. The number of hydrogen-bond acceptors (Lipinski definition) is 6. The number of nitrogens with two attached hydrogens (primary N) is 1. The molecule has 1 aliphatic rings. The molecule has 0 radical (unpaired) electrons. The first kappa shape index (κ1) is 22.0. The van der Waals surface area contributed by atoms with Crippen LogP contribution in [0.25, 0.3) is 22.3 Å². The number of para-hydroxylation sites is 1. The number of piperidine rings is 1. The van der Waals surface area contributed by atoms with Crippen LogP contribution in [0, 0.1) is 0 Å². The Kier molecular flexibility index (Phi) is 6.94. The van der Waals surface area contributed by atoms with Crippen molar-refractivity contribution in [3.63, 3.8) is 0 Å². The van der Waals surface area contributed by atoms with E-state index in [1.807, 2.05) is 59.5 Å². The van der Waals surface area contributed by atoms with Crippen LogP contribution in [-0.4, -0.2) is 44.1 Å². The SMILES string of the molecule is C=CC(=O)N1CCCCC1.Nc1ncnc2n[nH]c(-c3ccc(Oc4ccccc4)cc3)c12. The fourth-order valence-electron chi connectivity index (χ4n) is 3.65. The highest BCUT2D eigenvalue weighted by Gasteiger charge is 2.13. The van der Waals surface area contributed by atoms with E-state index in [0.29, 0.717) is 11.5 Å². The fraction of sp³-hybridized carbons (Fsp3) is 0.200. The van der Waals surface area contributed by atoms with Crippen LogP contribution >= 0.6 is 0 Å². The summed E-state index contributed by atoms with van der Waals surface area (Å²) in [5.74, 6) is 2.04. The lowest BCUT2D eigenvalue weighted by Crippen LogP contribution is -2.34. The molecule has 2 aromatic heterocycles. The van der Waals surface area contributed by atoms with Gasteiger partial charge in [0.1, 0.15) is 23.6 Å². The van der Waals surface area contributed by atoms with Gasteiger partial charge in [-0.25, -0.2) is 9.97 Å². The average molecular weight is 443 g/mol. The Hall–Kier alpha value is -4.20. The molecule has 1 saturated heterocycles. The lowest BCUT2D eigenvalue weighted by molar-refractivity contribution is -0.126. The summed E-state index contributed by atoms with van der Waals surface area (Å²) >= 11 is 0. The molecule has 168 valence electrons. The molecule has 33 heavy (non-hydrogen) atoms. The number of nitrogens with zero attached hydrogens (tertiary/aromatic N) is 4. The molecular weight excluding hydrogens is 416 g/mol. The predicted octanol–water partition coefficient (Wildman–Crippen LogP) is 4.58. The number of nitrogens with one attached hydrogen (secondary N) is 1. The van der Waals surface area contributed by atoms with Gasteiger partial charge in [-0.15, -0.1) is 0 Å². The number of carbonyl (C=O) groups excluding carboxylic acids is 1. The molecule has 1 aliphatic heterocycles. The van der Waals surface area contributed by atoms with Gasteiger partial charge in [0.25, 0.3) is 0 Å². The van der Waals surface area contributed by atoms with Crippen molar-refractivity contribution < 1.29 is 9.53 Å². The third-order valence-corrected chi connectivity index (χ3v) is 5.34.